The second kappa shape index (κ2) is 6.81. The number of aryl methyl sites for hydroxylation is 1. The van der Waals surface area contributed by atoms with Crippen molar-refractivity contribution in [2.45, 2.75) is 44.6 Å². The molecule has 0 unspecified atom stereocenters. The minimum Gasteiger partial charge on any atom is -0.508 e. The van der Waals surface area contributed by atoms with Gasteiger partial charge in [0.1, 0.15) is 11.6 Å². The highest BCUT2D eigenvalue weighted by Crippen LogP contribution is 2.56. The molecule has 0 amide bonds. The molecule has 2 atom stereocenters. The number of benzene rings is 2. The van der Waals surface area contributed by atoms with E-state index >= 15 is 0 Å². The number of para-hydroxylation sites is 1. The van der Waals surface area contributed by atoms with E-state index in [4.69, 9.17) is 0 Å². The average molecular weight is 404 g/mol. The van der Waals surface area contributed by atoms with Crippen LogP contribution in [-0.4, -0.2) is 25.6 Å². The Morgan fingerprint density at radius 2 is 1.90 bits per heavy atom. The van der Waals surface area contributed by atoms with Crippen LogP contribution in [0, 0.1) is 11.2 Å². The smallest absolute Gasteiger partial charge is 0.123 e. The van der Waals surface area contributed by atoms with Crippen LogP contribution in [0.4, 0.5) is 4.39 Å². The number of aromatic hydroxyl groups is 1. The Hall–Kier alpha value is -2.92. The van der Waals surface area contributed by atoms with E-state index in [1.165, 1.54) is 17.7 Å². The third kappa shape index (κ3) is 2.88. The van der Waals surface area contributed by atoms with Gasteiger partial charge in [-0.3, -0.25) is 0 Å². The number of hydrogen-bond donors (Lipinski definition) is 2. The molecule has 1 aromatic heterocycles. The van der Waals surface area contributed by atoms with Gasteiger partial charge in [0.05, 0.1) is 23.2 Å². The van der Waals surface area contributed by atoms with Crippen molar-refractivity contribution in [1.82, 2.24) is 9.78 Å². The first-order valence-corrected chi connectivity index (χ1v) is 10.4. The Balaban J connectivity index is 1.45. The minimum atomic E-state index is -0.837. The fourth-order valence-corrected chi connectivity index (χ4v) is 5.18. The molecule has 2 aromatic carbocycles. The monoisotopic (exact) mass is 404 g/mol. The molecule has 3 aromatic rings. The highest BCUT2D eigenvalue weighted by Gasteiger charge is 2.54. The van der Waals surface area contributed by atoms with Crippen LogP contribution in [0.2, 0.25) is 0 Å². The summed E-state index contributed by atoms with van der Waals surface area (Å²) in [5.41, 5.74) is 3.84. The number of phenolic OH excluding ortho intramolecular Hbond substituents is 1. The number of fused-ring (bicyclic) bond motifs is 2. The van der Waals surface area contributed by atoms with Crippen molar-refractivity contribution in [3.8, 4) is 11.4 Å². The molecule has 0 bridgehead atoms. The van der Waals surface area contributed by atoms with Crippen LogP contribution < -0.4 is 0 Å². The van der Waals surface area contributed by atoms with E-state index in [2.05, 4.69) is 18.1 Å². The van der Waals surface area contributed by atoms with E-state index in [1.54, 1.807) is 18.2 Å². The lowest BCUT2D eigenvalue weighted by atomic mass is 9.65. The van der Waals surface area contributed by atoms with Gasteiger partial charge in [-0.05, 0) is 79.6 Å². The van der Waals surface area contributed by atoms with E-state index in [1.807, 2.05) is 29.1 Å². The number of rotatable bonds is 4. The van der Waals surface area contributed by atoms with Gasteiger partial charge in [0, 0.05) is 5.41 Å². The molecule has 1 saturated carbocycles. The average Bonchev–Trinajstić information content (AvgIpc) is 3.24. The van der Waals surface area contributed by atoms with E-state index < -0.39 is 5.60 Å². The van der Waals surface area contributed by atoms with E-state index in [0.29, 0.717) is 25.7 Å². The third-order valence-electron chi connectivity index (χ3n) is 7.16. The molecule has 2 N–H and O–H groups in total. The maximum absolute atomic E-state index is 13.3. The Kier molecular flexibility index (Phi) is 4.33. The first kappa shape index (κ1) is 19.1. The highest BCUT2D eigenvalue weighted by molar-refractivity contribution is 5.62. The van der Waals surface area contributed by atoms with Gasteiger partial charge in [-0.1, -0.05) is 30.7 Å². The zero-order valence-electron chi connectivity index (χ0n) is 17.0. The quantitative estimate of drug-likeness (QED) is 0.655. The van der Waals surface area contributed by atoms with Crippen LogP contribution in [0.15, 0.2) is 60.3 Å². The van der Waals surface area contributed by atoms with Crippen molar-refractivity contribution >= 4 is 6.08 Å². The Morgan fingerprint density at radius 1 is 1.13 bits per heavy atom. The van der Waals surface area contributed by atoms with Crippen LogP contribution in [0.3, 0.4) is 0 Å². The molecule has 2 aliphatic carbocycles. The Bertz CT molecular complexity index is 1130. The van der Waals surface area contributed by atoms with E-state index in [-0.39, 0.29) is 17.0 Å². The lowest BCUT2D eigenvalue weighted by Gasteiger charge is -2.42. The molecular formula is C25H25FN2O2. The van der Waals surface area contributed by atoms with E-state index in [9.17, 15) is 14.6 Å². The summed E-state index contributed by atoms with van der Waals surface area (Å²) >= 11 is 0. The summed E-state index contributed by atoms with van der Waals surface area (Å²) in [6.45, 7) is 2.15. The Labute approximate surface area is 175 Å². The van der Waals surface area contributed by atoms with Gasteiger partial charge in [0.2, 0.25) is 0 Å². The van der Waals surface area contributed by atoms with Gasteiger partial charge in [0.25, 0.3) is 0 Å². The number of aromatic nitrogens is 2. The van der Waals surface area contributed by atoms with Crippen molar-refractivity contribution < 1.29 is 14.6 Å². The number of nitrogens with zero attached hydrogens (tertiary/aromatic N) is 2. The van der Waals surface area contributed by atoms with Gasteiger partial charge < -0.3 is 10.2 Å². The van der Waals surface area contributed by atoms with Crippen molar-refractivity contribution in [2.75, 3.05) is 0 Å². The van der Waals surface area contributed by atoms with Crippen molar-refractivity contribution in [3.63, 3.8) is 0 Å². The first-order valence-electron chi connectivity index (χ1n) is 10.4. The van der Waals surface area contributed by atoms with Crippen molar-refractivity contribution in [3.05, 3.63) is 82.9 Å². The maximum atomic E-state index is 13.3. The zero-order chi connectivity index (χ0) is 20.9. The van der Waals surface area contributed by atoms with Gasteiger partial charge in [-0.25, -0.2) is 9.07 Å². The SMILES string of the molecule is C[C@]12Cc3cnn(-c4ccc(F)cc4)c3C=C1CC[C@@]2(O)CCc1ccccc1O. The molecule has 4 nitrogen and oxygen atoms in total. The van der Waals surface area contributed by atoms with Crippen LogP contribution in [0.5, 0.6) is 5.75 Å². The lowest BCUT2D eigenvalue weighted by Crippen LogP contribution is -2.45. The molecule has 1 heterocycles. The van der Waals surface area contributed by atoms with Crippen molar-refractivity contribution in [1.29, 1.82) is 0 Å². The summed E-state index contributed by atoms with van der Waals surface area (Å²) in [6.07, 6.45) is 7.51. The first-order chi connectivity index (χ1) is 14.4. The molecule has 5 heteroatoms. The maximum Gasteiger partial charge on any atom is 0.123 e. The molecular weight excluding hydrogens is 379 g/mol. The molecule has 0 aliphatic heterocycles. The molecule has 30 heavy (non-hydrogen) atoms. The van der Waals surface area contributed by atoms with Crippen LogP contribution >= 0.6 is 0 Å². The Morgan fingerprint density at radius 3 is 2.67 bits per heavy atom. The molecule has 2 aliphatic rings. The summed E-state index contributed by atoms with van der Waals surface area (Å²) in [5.74, 6) is 0.0162. The second-order valence-electron chi connectivity index (χ2n) is 8.78. The summed E-state index contributed by atoms with van der Waals surface area (Å²) in [5, 5.41) is 26.3. The largest absolute Gasteiger partial charge is 0.508 e. The number of phenols is 1. The third-order valence-corrected chi connectivity index (χ3v) is 7.16. The zero-order valence-corrected chi connectivity index (χ0v) is 17.0. The normalized spacial score (nSPS) is 25.0. The predicted molar refractivity (Wildman–Crippen MR) is 114 cm³/mol. The predicted octanol–water partition coefficient (Wildman–Crippen LogP) is 4.82. The van der Waals surface area contributed by atoms with Crippen LogP contribution in [0.1, 0.15) is 43.0 Å². The van der Waals surface area contributed by atoms with Gasteiger partial charge in [-0.15, -0.1) is 0 Å². The lowest BCUT2D eigenvalue weighted by molar-refractivity contribution is -0.0462. The summed E-state index contributed by atoms with van der Waals surface area (Å²) in [4.78, 5) is 0. The fourth-order valence-electron chi connectivity index (χ4n) is 5.18. The van der Waals surface area contributed by atoms with Crippen LogP contribution in [0.25, 0.3) is 11.8 Å². The fraction of sp³-hybridized carbons (Fsp3) is 0.320. The van der Waals surface area contributed by atoms with Gasteiger partial charge in [0.15, 0.2) is 0 Å². The minimum absolute atomic E-state index is 0.268. The van der Waals surface area contributed by atoms with E-state index in [0.717, 1.165) is 28.9 Å². The van der Waals surface area contributed by atoms with Crippen LogP contribution in [-0.2, 0) is 12.8 Å². The van der Waals surface area contributed by atoms with Crippen molar-refractivity contribution in [2.24, 2.45) is 5.41 Å². The molecule has 0 saturated heterocycles. The van der Waals surface area contributed by atoms with Gasteiger partial charge in [-0.2, -0.15) is 5.10 Å². The molecule has 0 radical (unpaired) electrons. The molecule has 0 spiro atoms. The standard InChI is InChI=1S/C25H25FN2O2/c1-24-15-18-16-27-28(21-8-6-20(26)7-9-21)22(18)14-19(24)11-13-25(24,30)12-10-17-4-2-3-5-23(17)29/h2-9,14,16,29-30H,10-13,15H2,1H3/t24-,25-/m0/s1. The topological polar surface area (TPSA) is 58.3 Å². The number of halogens is 1. The summed E-state index contributed by atoms with van der Waals surface area (Å²) in [6, 6.07) is 13.7. The molecule has 5 rings (SSSR count). The number of hydrogen-bond acceptors (Lipinski definition) is 3. The molecule has 1 fully saturated rings. The number of aliphatic hydroxyl groups is 1. The summed E-state index contributed by atoms with van der Waals surface area (Å²) in [7, 11) is 0. The summed E-state index contributed by atoms with van der Waals surface area (Å²) < 4.78 is 15.2. The molecule has 154 valence electrons. The van der Waals surface area contributed by atoms with Gasteiger partial charge >= 0.3 is 0 Å². The highest BCUT2D eigenvalue weighted by atomic mass is 19.1. The second-order valence-corrected chi connectivity index (χ2v) is 8.78.